The molecule has 1 heterocycles. The zero-order valence-electron chi connectivity index (χ0n) is 12.1. The summed E-state index contributed by atoms with van der Waals surface area (Å²) in [6, 6.07) is 8.54. The molecule has 0 atom stereocenters. The van der Waals surface area contributed by atoms with E-state index in [0.717, 1.165) is 13.0 Å². The SMILES string of the molecule is Cc1ccccc1CC(C)(C)NCc1cnc(N)s1.Cl. The van der Waals surface area contributed by atoms with E-state index in [-0.39, 0.29) is 17.9 Å². The number of nitrogens with zero attached hydrogens (tertiary/aromatic N) is 1. The van der Waals surface area contributed by atoms with Gasteiger partial charge in [0.2, 0.25) is 0 Å². The molecule has 0 aliphatic carbocycles. The maximum absolute atomic E-state index is 5.64. The van der Waals surface area contributed by atoms with Gasteiger partial charge >= 0.3 is 0 Å². The molecule has 1 aromatic carbocycles. The van der Waals surface area contributed by atoms with Crippen molar-refractivity contribution in [2.45, 2.75) is 39.3 Å². The summed E-state index contributed by atoms with van der Waals surface area (Å²) in [7, 11) is 0. The van der Waals surface area contributed by atoms with Gasteiger partial charge in [0.15, 0.2) is 5.13 Å². The zero-order valence-corrected chi connectivity index (χ0v) is 13.8. The number of benzene rings is 1. The summed E-state index contributed by atoms with van der Waals surface area (Å²) in [5, 5.41) is 4.21. The maximum Gasteiger partial charge on any atom is 0.180 e. The summed E-state index contributed by atoms with van der Waals surface area (Å²) >= 11 is 1.54. The Morgan fingerprint density at radius 3 is 2.60 bits per heavy atom. The van der Waals surface area contributed by atoms with Gasteiger partial charge in [0, 0.05) is 23.2 Å². The van der Waals surface area contributed by atoms with Crippen LogP contribution in [0.1, 0.15) is 29.9 Å². The Balaban J connectivity index is 0.00000200. The van der Waals surface area contributed by atoms with Crippen LogP contribution in [-0.2, 0) is 13.0 Å². The number of halogens is 1. The van der Waals surface area contributed by atoms with Crippen LogP contribution in [0.4, 0.5) is 5.13 Å². The molecular formula is C15H22ClN3S. The van der Waals surface area contributed by atoms with E-state index >= 15 is 0 Å². The number of nitrogen functional groups attached to an aromatic ring is 1. The number of aromatic nitrogens is 1. The number of hydrogen-bond donors (Lipinski definition) is 2. The molecule has 0 unspecified atom stereocenters. The zero-order chi connectivity index (χ0) is 13.9. The van der Waals surface area contributed by atoms with Crippen molar-refractivity contribution in [3.05, 3.63) is 46.5 Å². The van der Waals surface area contributed by atoms with Crippen molar-refractivity contribution in [1.29, 1.82) is 0 Å². The fourth-order valence-electron chi connectivity index (χ4n) is 2.08. The first-order valence-electron chi connectivity index (χ1n) is 6.46. The summed E-state index contributed by atoms with van der Waals surface area (Å²) < 4.78 is 0. The molecule has 0 saturated heterocycles. The molecule has 2 rings (SSSR count). The number of aryl methyl sites for hydroxylation is 1. The minimum Gasteiger partial charge on any atom is -0.375 e. The van der Waals surface area contributed by atoms with E-state index in [2.05, 4.69) is 55.3 Å². The number of rotatable bonds is 5. The van der Waals surface area contributed by atoms with E-state index < -0.39 is 0 Å². The van der Waals surface area contributed by atoms with Crippen LogP contribution in [0, 0.1) is 6.92 Å². The molecule has 0 amide bonds. The lowest BCUT2D eigenvalue weighted by atomic mass is 9.92. The first-order chi connectivity index (χ1) is 8.96. The summed E-state index contributed by atoms with van der Waals surface area (Å²) in [4.78, 5) is 5.25. The van der Waals surface area contributed by atoms with Gasteiger partial charge in [-0.15, -0.1) is 23.7 Å². The number of thiazole rings is 1. The monoisotopic (exact) mass is 311 g/mol. The second-order valence-corrected chi connectivity index (χ2v) is 6.65. The predicted octanol–water partition coefficient (Wildman–Crippen LogP) is 3.57. The highest BCUT2D eigenvalue weighted by Gasteiger charge is 2.18. The second kappa shape index (κ2) is 7.07. The summed E-state index contributed by atoms with van der Waals surface area (Å²) in [6.07, 6.45) is 2.85. The average molecular weight is 312 g/mol. The molecular weight excluding hydrogens is 290 g/mol. The molecule has 0 aliphatic heterocycles. The molecule has 0 saturated carbocycles. The van der Waals surface area contributed by atoms with Gasteiger partial charge in [-0.3, -0.25) is 0 Å². The van der Waals surface area contributed by atoms with Crippen LogP contribution in [0.2, 0.25) is 0 Å². The average Bonchev–Trinajstić information content (AvgIpc) is 2.76. The minimum atomic E-state index is 0. The molecule has 1 aromatic heterocycles. The Morgan fingerprint density at radius 1 is 1.30 bits per heavy atom. The highest BCUT2D eigenvalue weighted by molar-refractivity contribution is 7.15. The summed E-state index contributed by atoms with van der Waals surface area (Å²) in [5.74, 6) is 0. The molecule has 3 nitrogen and oxygen atoms in total. The van der Waals surface area contributed by atoms with Gasteiger partial charge in [-0.05, 0) is 38.3 Å². The van der Waals surface area contributed by atoms with E-state index in [0.29, 0.717) is 5.13 Å². The van der Waals surface area contributed by atoms with E-state index in [1.807, 2.05) is 6.20 Å². The van der Waals surface area contributed by atoms with Gasteiger partial charge in [-0.1, -0.05) is 24.3 Å². The quantitative estimate of drug-likeness (QED) is 0.887. The largest absolute Gasteiger partial charge is 0.375 e. The highest BCUT2D eigenvalue weighted by Crippen LogP contribution is 2.19. The standard InChI is InChI=1S/C15H21N3S.ClH/c1-11-6-4-5-7-12(11)8-15(2,3)18-10-13-9-17-14(16)19-13;/h4-7,9,18H,8,10H2,1-3H3,(H2,16,17);1H. The summed E-state index contributed by atoms with van der Waals surface area (Å²) in [5.41, 5.74) is 8.43. The molecule has 2 aromatic rings. The molecule has 0 bridgehead atoms. The van der Waals surface area contributed by atoms with Crippen molar-refractivity contribution < 1.29 is 0 Å². The van der Waals surface area contributed by atoms with Gasteiger partial charge in [0.25, 0.3) is 0 Å². The Bertz CT molecular complexity index is 552. The topological polar surface area (TPSA) is 50.9 Å². The van der Waals surface area contributed by atoms with E-state index in [9.17, 15) is 0 Å². The third-order valence-electron chi connectivity index (χ3n) is 3.21. The van der Waals surface area contributed by atoms with Gasteiger partial charge < -0.3 is 11.1 Å². The van der Waals surface area contributed by atoms with Crippen LogP contribution >= 0.6 is 23.7 Å². The first kappa shape index (κ1) is 17.0. The number of nitrogens with one attached hydrogen (secondary N) is 1. The molecule has 0 fully saturated rings. The van der Waals surface area contributed by atoms with Crippen LogP contribution in [0.3, 0.4) is 0 Å². The number of nitrogens with two attached hydrogens (primary N) is 1. The summed E-state index contributed by atoms with van der Waals surface area (Å²) in [6.45, 7) is 7.43. The maximum atomic E-state index is 5.64. The number of anilines is 1. The van der Waals surface area contributed by atoms with Crippen molar-refractivity contribution in [2.24, 2.45) is 0 Å². The third-order valence-corrected chi connectivity index (χ3v) is 4.03. The van der Waals surface area contributed by atoms with Crippen molar-refractivity contribution >= 4 is 28.9 Å². The van der Waals surface area contributed by atoms with Crippen molar-refractivity contribution in [3.63, 3.8) is 0 Å². The van der Waals surface area contributed by atoms with Gasteiger partial charge in [0.05, 0.1) is 0 Å². The predicted molar refractivity (Wildman–Crippen MR) is 89.6 cm³/mol. The fraction of sp³-hybridized carbons (Fsp3) is 0.400. The lowest BCUT2D eigenvalue weighted by Gasteiger charge is -2.27. The van der Waals surface area contributed by atoms with Gasteiger partial charge in [-0.2, -0.15) is 0 Å². The molecule has 5 heteroatoms. The molecule has 20 heavy (non-hydrogen) atoms. The fourth-order valence-corrected chi connectivity index (χ4v) is 2.70. The molecule has 0 spiro atoms. The molecule has 0 aliphatic rings. The Labute approximate surface area is 131 Å². The third kappa shape index (κ3) is 4.78. The molecule has 110 valence electrons. The Hall–Kier alpha value is -1.10. The van der Waals surface area contributed by atoms with Crippen LogP contribution in [-0.4, -0.2) is 10.5 Å². The van der Waals surface area contributed by atoms with Crippen molar-refractivity contribution in [2.75, 3.05) is 5.73 Å². The Morgan fingerprint density at radius 2 is 2.00 bits per heavy atom. The van der Waals surface area contributed by atoms with E-state index in [1.54, 1.807) is 11.3 Å². The second-order valence-electron chi connectivity index (χ2n) is 5.51. The van der Waals surface area contributed by atoms with E-state index in [4.69, 9.17) is 5.73 Å². The smallest absolute Gasteiger partial charge is 0.180 e. The number of hydrogen-bond acceptors (Lipinski definition) is 4. The lowest BCUT2D eigenvalue weighted by Crippen LogP contribution is -2.40. The van der Waals surface area contributed by atoms with Crippen molar-refractivity contribution in [1.82, 2.24) is 10.3 Å². The minimum absolute atomic E-state index is 0. The van der Waals surface area contributed by atoms with Crippen LogP contribution in [0.5, 0.6) is 0 Å². The first-order valence-corrected chi connectivity index (χ1v) is 7.28. The van der Waals surface area contributed by atoms with Crippen LogP contribution in [0.15, 0.2) is 30.5 Å². The van der Waals surface area contributed by atoms with Crippen LogP contribution in [0.25, 0.3) is 0 Å². The molecule has 0 radical (unpaired) electrons. The Kier molecular flexibility index (Phi) is 5.99. The van der Waals surface area contributed by atoms with Gasteiger partial charge in [-0.25, -0.2) is 4.98 Å². The van der Waals surface area contributed by atoms with Gasteiger partial charge in [0.1, 0.15) is 0 Å². The van der Waals surface area contributed by atoms with Crippen LogP contribution < -0.4 is 11.1 Å². The lowest BCUT2D eigenvalue weighted by molar-refractivity contribution is 0.385. The molecule has 3 N–H and O–H groups in total. The van der Waals surface area contributed by atoms with E-state index in [1.165, 1.54) is 16.0 Å². The normalized spacial score (nSPS) is 11.2. The van der Waals surface area contributed by atoms with Crippen molar-refractivity contribution in [3.8, 4) is 0 Å². The highest BCUT2D eigenvalue weighted by atomic mass is 35.5.